The Balaban J connectivity index is 1.56. The lowest BCUT2D eigenvalue weighted by atomic mass is 9.74. The van der Waals surface area contributed by atoms with Crippen LogP contribution in [0, 0.1) is 12.8 Å². The third-order valence-corrected chi connectivity index (χ3v) is 5.60. The van der Waals surface area contributed by atoms with E-state index in [1.54, 1.807) is 25.1 Å². The average Bonchev–Trinajstić information content (AvgIpc) is 2.62. The van der Waals surface area contributed by atoms with Gasteiger partial charge >= 0.3 is 12.2 Å². The molecule has 2 bridgehead atoms. The summed E-state index contributed by atoms with van der Waals surface area (Å²) in [4.78, 5) is 21.9. The predicted octanol–water partition coefficient (Wildman–Crippen LogP) is 4.88. The summed E-state index contributed by atoms with van der Waals surface area (Å²) in [6.45, 7) is 3.99. The number of carbonyl (C=O) groups excluding carboxylic acids is 1. The van der Waals surface area contributed by atoms with Crippen LogP contribution in [-0.2, 0) is 6.18 Å². The van der Waals surface area contributed by atoms with Gasteiger partial charge in [0.15, 0.2) is 5.69 Å². The van der Waals surface area contributed by atoms with E-state index in [1.807, 2.05) is 4.90 Å². The van der Waals surface area contributed by atoms with E-state index < -0.39 is 11.9 Å². The first-order valence-corrected chi connectivity index (χ1v) is 9.32. The molecule has 1 aromatic heterocycles. The largest absolute Gasteiger partial charge is 0.434 e. The minimum Gasteiger partial charge on any atom is -0.318 e. The van der Waals surface area contributed by atoms with Crippen LogP contribution in [0.25, 0.3) is 11.3 Å². The standard InChI is InChI=1S/C20H21F3N4O/c1-11-5-14-8-15(6-11)27(14)19(28)25-13-4-3-12(2)16(7-13)17-9-24-10-18(26-17)20(21,22)23/h3-4,7,9-11,14-15H,5-6,8H2,1-2H3,(H,25,28). The van der Waals surface area contributed by atoms with Gasteiger partial charge in [0.25, 0.3) is 0 Å². The summed E-state index contributed by atoms with van der Waals surface area (Å²) in [6, 6.07) is 5.57. The van der Waals surface area contributed by atoms with E-state index in [-0.39, 0.29) is 23.8 Å². The van der Waals surface area contributed by atoms with E-state index in [9.17, 15) is 18.0 Å². The second kappa shape index (κ2) is 6.76. The molecular weight excluding hydrogens is 369 g/mol. The van der Waals surface area contributed by atoms with Crippen molar-refractivity contribution in [3.8, 4) is 11.3 Å². The van der Waals surface area contributed by atoms with Gasteiger partial charge in [0.1, 0.15) is 0 Å². The van der Waals surface area contributed by atoms with Gasteiger partial charge < -0.3 is 10.2 Å². The number of piperidine rings is 1. The molecule has 2 aliphatic rings. The molecule has 2 saturated heterocycles. The fraction of sp³-hybridized carbons (Fsp3) is 0.450. The third-order valence-electron chi connectivity index (χ3n) is 5.60. The topological polar surface area (TPSA) is 58.1 Å². The number of aryl methyl sites for hydroxylation is 1. The quantitative estimate of drug-likeness (QED) is 0.795. The lowest BCUT2D eigenvalue weighted by molar-refractivity contribution is -0.141. The summed E-state index contributed by atoms with van der Waals surface area (Å²) in [5.74, 6) is 0.637. The number of benzene rings is 1. The molecule has 3 heterocycles. The van der Waals surface area contributed by atoms with E-state index in [0.29, 0.717) is 23.4 Å². The Morgan fingerprint density at radius 2 is 1.89 bits per heavy atom. The summed E-state index contributed by atoms with van der Waals surface area (Å²) in [7, 11) is 0. The van der Waals surface area contributed by atoms with E-state index in [2.05, 4.69) is 22.2 Å². The number of hydrogen-bond acceptors (Lipinski definition) is 3. The van der Waals surface area contributed by atoms with Gasteiger partial charge in [-0.3, -0.25) is 4.98 Å². The molecule has 8 heteroatoms. The molecule has 2 amide bonds. The number of hydrogen-bond donors (Lipinski definition) is 1. The molecule has 2 unspecified atom stereocenters. The molecular formula is C20H21F3N4O. The number of amides is 2. The van der Waals surface area contributed by atoms with Crippen LogP contribution in [-0.4, -0.2) is 33.0 Å². The highest BCUT2D eigenvalue weighted by Crippen LogP contribution is 2.41. The highest BCUT2D eigenvalue weighted by atomic mass is 19.4. The van der Waals surface area contributed by atoms with Gasteiger partial charge in [0, 0.05) is 23.3 Å². The predicted molar refractivity (Wildman–Crippen MR) is 98.7 cm³/mol. The maximum atomic E-state index is 12.9. The number of aromatic nitrogens is 2. The Labute approximate surface area is 161 Å². The van der Waals surface area contributed by atoms with Gasteiger partial charge in [-0.2, -0.15) is 13.2 Å². The van der Waals surface area contributed by atoms with Crippen LogP contribution in [0.3, 0.4) is 0 Å². The molecule has 2 atom stereocenters. The highest BCUT2D eigenvalue weighted by molar-refractivity contribution is 5.91. The number of alkyl halides is 3. The van der Waals surface area contributed by atoms with Crippen molar-refractivity contribution in [3.63, 3.8) is 0 Å². The van der Waals surface area contributed by atoms with E-state index in [4.69, 9.17) is 0 Å². The normalized spacial score (nSPS) is 23.9. The zero-order chi connectivity index (χ0) is 20.1. The number of rotatable bonds is 2. The minimum absolute atomic E-state index is 0.123. The van der Waals surface area contributed by atoms with Crippen LogP contribution in [0.15, 0.2) is 30.6 Å². The molecule has 1 N–H and O–H groups in total. The molecule has 2 aromatic rings. The summed E-state index contributed by atoms with van der Waals surface area (Å²) >= 11 is 0. The maximum Gasteiger partial charge on any atom is 0.434 e. The Bertz CT molecular complexity index is 903. The molecule has 148 valence electrons. The van der Waals surface area contributed by atoms with Crippen LogP contribution >= 0.6 is 0 Å². The van der Waals surface area contributed by atoms with Crippen molar-refractivity contribution in [1.29, 1.82) is 0 Å². The second-order valence-electron chi connectivity index (χ2n) is 7.77. The van der Waals surface area contributed by atoms with Crippen molar-refractivity contribution >= 4 is 11.7 Å². The number of nitrogens with zero attached hydrogens (tertiary/aromatic N) is 3. The van der Waals surface area contributed by atoms with Gasteiger partial charge in [-0.15, -0.1) is 0 Å². The van der Waals surface area contributed by atoms with E-state index in [1.165, 1.54) is 6.20 Å². The molecule has 0 spiro atoms. The molecule has 0 saturated carbocycles. The summed E-state index contributed by atoms with van der Waals surface area (Å²) in [6.07, 6.45) is 0.524. The first-order valence-electron chi connectivity index (χ1n) is 9.32. The van der Waals surface area contributed by atoms with Crippen LogP contribution in [0.4, 0.5) is 23.7 Å². The number of urea groups is 1. The lowest BCUT2D eigenvalue weighted by Crippen LogP contribution is -2.63. The van der Waals surface area contributed by atoms with Crippen molar-refractivity contribution in [1.82, 2.24) is 14.9 Å². The Morgan fingerprint density at radius 3 is 2.57 bits per heavy atom. The fourth-order valence-corrected chi connectivity index (χ4v) is 4.27. The van der Waals surface area contributed by atoms with Crippen LogP contribution < -0.4 is 5.32 Å². The smallest absolute Gasteiger partial charge is 0.318 e. The molecule has 4 rings (SSSR count). The van der Waals surface area contributed by atoms with E-state index in [0.717, 1.165) is 24.8 Å². The summed E-state index contributed by atoms with van der Waals surface area (Å²) < 4.78 is 38.8. The number of fused-ring (bicyclic) bond motifs is 2. The zero-order valence-corrected chi connectivity index (χ0v) is 15.6. The first-order chi connectivity index (χ1) is 13.2. The molecule has 5 nitrogen and oxygen atoms in total. The second-order valence-corrected chi connectivity index (χ2v) is 7.77. The molecule has 2 aliphatic heterocycles. The number of anilines is 1. The monoisotopic (exact) mass is 390 g/mol. The third kappa shape index (κ3) is 3.43. The Hall–Kier alpha value is -2.64. The van der Waals surface area contributed by atoms with Gasteiger partial charge in [0.2, 0.25) is 0 Å². The molecule has 0 radical (unpaired) electrons. The van der Waals surface area contributed by atoms with Crippen molar-refractivity contribution in [2.45, 2.75) is 51.4 Å². The average molecular weight is 390 g/mol. The van der Waals surface area contributed by atoms with Gasteiger partial charge in [-0.1, -0.05) is 13.0 Å². The molecule has 28 heavy (non-hydrogen) atoms. The maximum absolute atomic E-state index is 12.9. The molecule has 2 fully saturated rings. The fourth-order valence-electron chi connectivity index (χ4n) is 4.27. The Kier molecular flexibility index (Phi) is 4.51. The molecule has 0 aliphatic carbocycles. The highest BCUT2D eigenvalue weighted by Gasteiger charge is 2.46. The van der Waals surface area contributed by atoms with Crippen molar-refractivity contribution in [2.75, 3.05) is 5.32 Å². The van der Waals surface area contributed by atoms with Gasteiger partial charge in [-0.05, 0) is 49.8 Å². The zero-order valence-electron chi connectivity index (χ0n) is 15.6. The number of nitrogens with one attached hydrogen (secondary N) is 1. The van der Waals surface area contributed by atoms with Crippen molar-refractivity contribution < 1.29 is 18.0 Å². The van der Waals surface area contributed by atoms with Gasteiger partial charge in [-0.25, -0.2) is 9.78 Å². The summed E-state index contributed by atoms with van der Waals surface area (Å²) in [5.41, 5.74) is 0.873. The van der Waals surface area contributed by atoms with Crippen molar-refractivity contribution in [3.05, 3.63) is 41.9 Å². The minimum atomic E-state index is -4.56. The first kappa shape index (κ1) is 18.7. The van der Waals surface area contributed by atoms with E-state index >= 15 is 0 Å². The lowest BCUT2D eigenvalue weighted by Gasteiger charge is -2.54. The Morgan fingerprint density at radius 1 is 1.18 bits per heavy atom. The molecule has 1 aromatic carbocycles. The van der Waals surface area contributed by atoms with Crippen LogP contribution in [0.1, 0.15) is 37.4 Å². The summed E-state index contributed by atoms with van der Waals surface area (Å²) in [5, 5.41) is 2.89. The van der Waals surface area contributed by atoms with Crippen molar-refractivity contribution in [2.24, 2.45) is 5.92 Å². The number of carbonyl (C=O) groups is 1. The van der Waals surface area contributed by atoms with Gasteiger partial charge in [0.05, 0.1) is 18.1 Å². The SMILES string of the molecule is Cc1ccc(NC(=O)N2C3CC(C)CC2C3)cc1-c1cncc(C(F)(F)F)n1. The van der Waals surface area contributed by atoms with Crippen LogP contribution in [0.5, 0.6) is 0 Å². The van der Waals surface area contributed by atoms with Crippen LogP contribution in [0.2, 0.25) is 0 Å². The number of halogens is 3.